The maximum atomic E-state index is 5.53. The van der Waals surface area contributed by atoms with Gasteiger partial charge in [0.15, 0.2) is 4.67 Å². The second kappa shape index (κ2) is 5.14. The summed E-state index contributed by atoms with van der Waals surface area (Å²) >= 11 is 3.33. The van der Waals surface area contributed by atoms with Gasteiger partial charge in [-0.25, -0.2) is 0 Å². The summed E-state index contributed by atoms with van der Waals surface area (Å²) in [5.41, 5.74) is 0. The average molecular weight is 273 g/mol. The summed E-state index contributed by atoms with van der Waals surface area (Å²) in [6.07, 6.45) is 2.59. The van der Waals surface area contributed by atoms with Gasteiger partial charge in [-0.2, -0.15) is 0 Å². The fraction of sp³-hybridized carbons (Fsp3) is 0.636. The highest BCUT2D eigenvalue weighted by Crippen LogP contribution is 2.21. The Morgan fingerprint density at radius 3 is 3.13 bits per heavy atom. The lowest BCUT2D eigenvalue weighted by atomic mass is 10.2. The zero-order chi connectivity index (χ0) is 10.7. The number of nitrogens with one attached hydrogen (secondary N) is 1. The van der Waals surface area contributed by atoms with Crippen LogP contribution in [-0.4, -0.2) is 31.1 Å². The molecule has 4 heteroatoms. The predicted octanol–water partition coefficient (Wildman–Crippen LogP) is 2.23. The van der Waals surface area contributed by atoms with Gasteiger partial charge in [-0.1, -0.05) is 0 Å². The van der Waals surface area contributed by atoms with Crippen molar-refractivity contribution in [3.63, 3.8) is 0 Å². The van der Waals surface area contributed by atoms with Gasteiger partial charge < -0.3 is 9.73 Å². The van der Waals surface area contributed by atoms with Crippen LogP contribution in [0.4, 0.5) is 0 Å². The molecule has 1 saturated heterocycles. The topological polar surface area (TPSA) is 28.4 Å². The molecule has 1 aliphatic rings. The van der Waals surface area contributed by atoms with Crippen molar-refractivity contribution in [1.29, 1.82) is 0 Å². The van der Waals surface area contributed by atoms with Gasteiger partial charge in [0.05, 0.1) is 6.54 Å². The molecule has 2 heterocycles. The summed E-state index contributed by atoms with van der Waals surface area (Å²) in [5.74, 6) is 1.05. The minimum Gasteiger partial charge on any atom is -0.453 e. The van der Waals surface area contributed by atoms with Crippen molar-refractivity contribution < 1.29 is 4.42 Å². The van der Waals surface area contributed by atoms with Crippen LogP contribution in [0.3, 0.4) is 0 Å². The maximum Gasteiger partial charge on any atom is 0.169 e. The summed E-state index contributed by atoms with van der Waals surface area (Å²) in [7, 11) is 2.01. The van der Waals surface area contributed by atoms with Crippen molar-refractivity contribution >= 4 is 15.9 Å². The Morgan fingerprint density at radius 2 is 2.47 bits per heavy atom. The molecule has 1 aromatic rings. The molecule has 0 spiro atoms. The number of nitrogens with zero attached hydrogens (tertiary/aromatic N) is 1. The van der Waals surface area contributed by atoms with Crippen LogP contribution >= 0.6 is 15.9 Å². The molecule has 1 N–H and O–H groups in total. The van der Waals surface area contributed by atoms with Crippen LogP contribution in [0.15, 0.2) is 21.2 Å². The van der Waals surface area contributed by atoms with Crippen molar-refractivity contribution in [2.24, 2.45) is 0 Å². The van der Waals surface area contributed by atoms with Crippen LogP contribution in [0.1, 0.15) is 18.6 Å². The molecule has 0 radical (unpaired) electrons. The highest BCUT2D eigenvalue weighted by molar-refractivity contribution is 9.10. The zero-order valence-corrected chi connectivity index (χ0v) is 10.6. The highest BCUT2D eigenvalue weighted by Gasteiger charge is 2.24. The summed E-state index contributed by atoms with van der Waals surface area (Å²) < 4.78 is 6.35. The van der Waals surface area contributed by atoms with Crippen molar-refractivity contribution in [1.82, 2.24) is 10.2 Å². The average Bonchev–Trinajstić information content (AvgIpc) is 2.78. The van der Waals surface area contributed by atoms with E-state index in [4.69, 9.17) is 4.42 Å². The van der Waals surface area contributed by atoms with Gasteiger partial charge in [-0.3, -0.25) is 4.90 Å². The summed E-state index contributed by atoms with van der Waals surface area (Å²) in [6.45, 7) is 3.19. The fourth-order valence-corrected chi connectivity index (χ4v) is 2.55. The first kappa shape index (κ1) is 11.2. The minimum atomic E-state index is 0.666. The van der Waals surface area contributed by atoms with Gasteiger partial charge in [0.25, 0.3) is 0 Å². The first-order valence-electron chi connectivity index (χ1n) is 5.42. The largest absolute Gasteiger partial charge is 0.453 e. The molecule has 1 aliphatic heterocycles. The molecule has 0 aromatic carbocycles. The third-order valence-corrected chi connectivity index (χ3v) is 3.35. The van der Waals surface area contributed by atoms with Crippen molar-refractivity contribution in [3.8, 4) is 0 Å². The first-order chi connectivity index (χ1) is 7.29. The molecule has 3 nitrogen and oxygen atoms in total. The van der Waals surface area contributed by atoms with Crippen molar-refractivity contribution in [3.05, 3.63) is 22.6 Å². The quantitative estimate of drug-likeness (QED) is 0.911. The monoisotopic (exact) mass is 272 g/mol. The van der Waals surface area contributed by atoms with Crippen LogP contribution in [-0.2, 0) is 6.54 Å². The standard InChI is InChI=1S/C11H17BrN2O/c1-13-7-9-3-2-6-14(9)8-10-4-5-11(12)15-10/h4-5,9,13H,2-3,6-8H2,1H3. The Morgan fingerprint density at radius 1 is 1.60 bits per heavy atom. The lowest BCUT2D eigenvalue weighted by molar-refractivity contribution is 0.222. The SMILES string of the molecule is CNCC1CCCN1Cc1ccc(Br)o1. The Hall–Kier alpha value is -0.320. The lowest BCUT2D eigenvalue weighted by Gasteiger charge is -2.22. The van der Waals surface area contributed by atoms with Gasteiger partial charge in [0.2, 0.25) is 0 Å². The van der Waals surface area contributed by atoms with Crippen LogP contribution in [0.5, 0.6) is 0 Å². The predicted molar refractivity (Wildman–Crippen MR) is 63.8 cm³/mol. The smallest absolute Gasteiger partial charge is 0.169 e. The van der Waals surface area contributed by atoms with Crippen molar-refractivity contribution in [2.75, 3.05) is 20.1 Å². The van der Waals surface area contributed by atoms with E-state index in [0.717, 1.165) is 23.5 Å². The second-order valence-corrected chi connectivity index (χ2v) is 4.81. The molecule has 0 saturated carbocycles. The van der Waals surface area contributed by atoms with Crippen LogP contribution in [0.25, 0.3) is 0 Å². The molecule has 0 aliphatic carbocycles. The summed E-state index contributed by atoms with van der Waals surface area (Å²) in [4.78, 5) is 2.49. The molecule has 84 valence electrons. The first-order valence-corrected chi connectivity index (χ1v) is 6.22. The van der Waals surface area contributed by atoms with Gasteiger partial charge in [0, 0.05) is 12.6 Å². The maximum absolute atomic E-state index is 5.53. The van der Waals surface area contributed by atoms with Crippen LogP contribution in [0.2, 0.25) is 0 Å². The number of hydrogen-bond donors (Lipinski definition) is 1. The number of likely N-dealkylation sites (N-methyl/N-ethyl adjacent to an activating group) is 1. The summed E-state index contributed by atoms with van der Waals surface area (Å²) in [5, 5.41) is 3.25. The molecule has 2 rings (SSSR count). The van der Waals surface area contributed by atoms with Gasteiger partial charge in [-0.05, 0) is 54.5 Å². The lowest BCUT2D eigenvalue weighted by Crippen LogP contribution is -2.36. The number of rotatable bonds is 4. The van der Waals surface area contributed by atoms with Gasteiger partial charge in [-0.15, -0.1) is 0 Å². The Labute approximate surface area is 99.0 Å². The van der Waals surface area contributed by atoms with E-state index >= 15 is 0 Å². The molecule has 1 unspecified atom stereocenters. The molecular formula is C11H17BrN2O. The Balaban J connectivity index is 1.93. The number of furan rings is 1. The van der Waals surface area contributed by atoms with E-state index in [0.29, 0.717) is 6.04 Å². The number of hydrogen-bond acceptors (Lipinski definition) is 3. The second-order valence-electron chi connectivity index (χ2n) is 4.03. The van der Waals surface area contributed by atoms with Gasteiger partial charge >= 0.3 is 0 Å². The van der Waals surface area contributed by atoms with E-state index in [9.17, 15) is 0 Å². The third-order valence-electron chi connectivity index (χ3n) is 2.93. The molecular weight excluding hydrogens is 256 g/mol. The van der Waals surface area contributed by atoms with Crippen molar-refractivity contribution in [2.45, 2.75) is 25.4 Å². The number of halogens is 1. The number of likely N-dealkylation sites (tertiary alicyclic amines) is 1. The normalized spacial score (nSPS) is 22.4. The van der Waals surface area contributed by atoms with E-state index in [2.05, 4.69) is 26.1 Å². The van der Waals surface area contributed by atoms with Crippen LogP contribution in [0, 0.1) is 0 Å². The third kappa shape index (κ3) is 2.83. The van der Waals surface area contributed by atoms with E-state index < -0.39 is 0 Å². The molecule has 1 aromatic heterocycles. The van der Waals surface area contributed by atoms with Crippen LogP contribution < -0.4 is 5.32 Å². The van der Waals surface area contributed by atoms with E-state index in [1.165, 1.54) is 19.4 Å². The van der Waals surface area contributed by atoms with E-state index in [1.807, 2.05) is 19.2 Å². The molecule has 15 heavy (non-hydrogen) atoms. The summed E-state index contributed by atoms with van der Waals surface area (Å²) in [6, 6.07) is 4.66. The Kier molecular flexibility index (Phi) is 3.83. The zero-order valence-electron chi connectivity index (χ0n) is 9.00. The fourth-order valence-electron chi connectivity index (χ4n) is 2.21. The molecule has 1 atom stereocenters. The highest BCUT2D eigenvalue weighted by atomic mass is 79.9. The molecule has 1 fully saturated rings. The van der Waals surface area contributed by atoms with E-state index in [1.54, 1.807) is 0 Å². The van der Waals surface area contributed by atoms with Gasteiger partial charge in [0.1, 0.15) is 5.76 Å². The van der Waals surface area contributed by atoms with E-state index in [-0.39, 0.29) is 0 Å². The Bertz CT molecular complexity index is 313. The molecule has 0 bridgehead atoms. The minimum absolute atomic E-state index is 0.666. The molecule has 0 amide bonds.